The normalized spacial score (nSPS) is 15.3. The number of ether oxygens (including phenoxy) is 2. The summed E-state index contributed by atoms with van der Waals surface area (Å²) in [5, 5.41) is 9.19. The molecule has 2 rings (SSSR count). The molecule has 0 saturated carbocycles. The van der Waals surface area contributed by atoms with Crippen molar-refractivity contribution in [2.24, 2.45) is 11.8 Å². The number of hydrogen-bond acceptors (Lipinski definition) is 5. The predicted octanol–water partition coefficient (Wildman–Crippen LogP) is 2.14. The number of fused-ring (bicyclic) bond motifs is 1. The summed E-state index contributed by atoms with van der Waals surface area (Å²) in [7, 11) is -3.97. The first-order valence-corrected chi connectivity index (χ1v) is 9.38. The molecule has 2 N–H and O–H groups in total. The van der Waals surface area contributed by atoms with Gasteiger partial charge in [-0.2, -0.15) is 0 Å². The summed E-state index contributed by atoms with van der Waals surface area (Å²) in [5.41, 5.74) is 0. The molecular formula is C15H20ClNO6S. The Labute approximate surface area is 146 Å². The standard InChI is InChI=1S/C15H20ClNO6S/c1-9(2)5-10(15(18)19)8-17-24(20,21)14-7-13-12(6-11(14)16)22-3-4-23-13/h6-7,9-10,17H,3-5,8H2,1-2H3,(H,18,19). The maximum atomic E-state index is 12.5. The molecule has 0 amide bonds. The first-order chi connectivity index (χ1) is 11.2. The largest absolute Gasteiger partial charge is 0.486 e. The van der Waals surface area contributed by atoms with E-state index in [2.05, 4.69) is 4.72 Å². The second-order valence-corrected chi connectivity index (χ2v) is 8.09. The lowest BCUT2D eigenvalue weighted by atomic mass is 9.98. The molecule has 1 heterocycles. The van der Waals surface area contributed by atoms with Crippen molar-refractivity contribution in [3.63, 3.8) is 0 Å². The van der Waals surface area contributed by atoms with Crippen molar-refractivity contribution < 1.29 is 27.8 Å². The first kappa shape index (κ1) is 18.8. The fraction of sp³-hybridized carbons (Fsp3) is 0.533. The molecule has 134 valence electrons. The van der Waals surface area contributed by atoms with E-state index in [9.17, 15) is 18.3 Å². The molecule has 0 spiro atoms. The quantitative estimate of drug-likeness (QED) is 0.754. The topological polar surface area (TPSA) is 102 Å². The van der Waals surface area contributed by atoms with Gasteiger partial charge in [-0.3, -0.25) is 4.79 Å². The molecule has 0 aromatic heterocycles. The van der Waals surface area contributed by atoms with Crippen LogP contribution in [0.25, 0.3) is 0 Å². The Balaban J connectivity index is 2.19. The number of hydrogen-bond donors (Lipinski definition) is 2. The zero-order valence-corrected chi connectivity index (χ0v) is 15.0. The number of carboxylic acid groups (broad SMARTS) is 1. The molecule has 0 fully saturated rings. The molecule has 1 unspecified atom stereocenters. The molecule has 1 aromatic rings. The number of rotatable bonds is 7. The lowest BCUT2D eigenvalue weighted by Crippen LogP contribution is -2.34. The minimum Gasteiger partial charge on any atom is -0.486 e. The zero-order valence-electron chi connectivity index (χ0n) is 13.4. The lowest BCUT2D eigenvalue weighted by Gasteiger charge is -2.20. The van der Waals surface area contributed by atoms with Crippen LogP contribution in [0.15, 0.2) is 17.0 Å². The lowest BCUT2D eigenvalue weighted by molar-refractivity contribution is -0.142. The average Bonchev–Trinajstić information content (AvgIpc) is 2.50. The Morgan fingerprint density at radius 2 is 1.88 bits per heavy atom. The number of benzene rings is 1. The molecule has 0 saturated heterocycles. The minimum absolute atomic E-state index is 0.0116. The second kappa shape index (κ2) is 7.58. The van der Waals surface area contributed by atoms with E-state index >= 15 is 0 Å². The van der Waals surface area contributed by atoms with E-state index in [4.69, 9.17) is 21.1 Å². The van der Waals surface area contributed by atoms with Crippen molar-refractivity contribution in [1.29, 1.82) is 0 Å². The summed E-state index contributed by atoms with van der Waals surface area (Å²) >= 11 is 6.04. The Bertz CT molecular complexity index is 719. The molecule has 7 nitrogen and oxygen atoms in total. The molecule has 1 atom stereocenters. The van der Waals surface area contributed by atoms with Crippen molar-refractivity contribution in [2.75, 3.05) is 19.8 Å². The molecule has 1 aromatic carbocycles. The van der Waals surface area contributed by atoms with E-state index in [-0.39, 0.29) is 22.4 Å². The zero-order chi connectivity index (χ0) is 17.9. The van der Waals surface area contributed by atoms with Gasteiger partial charge in [-0.1, -0.05) is 25.4 Å². The van der Waals surface area contributed by atoms with Crippen LogP contribution in [0.3, 0.4) is 0 Å². The van der Waals surface area contributed by atoms with Crippen molar-refractivity contribution >= 4 is 27.6 Å². The predicted molar refractivity (Wildman–Crippen MR) is 88.2 cm³/mol. The minimum atomic E-state index is -3.97. The van der Waals surface area contributed by atoms with E-state index in [1.165, 1.54) is 12.1 Å². The number of sulfonamides is 1. The number of halogens is 1. The summed E-state index contributed by atoms with van der Waals surface area (Å²) in [5.74, 6) is -1.04. The molecule has 0 bridgehead atoms. The van der Waals surface area contributed by atoms with Crippen LogP contribution in [0, 0.1) is 11.8 Å². The second-order valence-electron chi connectivity index (χ2n) is 5.94. The first-order valence-electron chi connectivity index (χ1n) is 7.52. The van der Waals surface area contributed by atoms with Gasteiger partial charge >= 0.3 is 5.97 Å². The van der Waals surface area contributed by atoms with E-state index in [1.807, 2.05) is 13.8 Å². The van der Waals surface area contributed by atoms with Crippen LogP contribution < -0.4 is 14.2 Å². The van der Waals surface area contributed by atoms with Crippen LogP contribution >= 0.6 is 11.6 Å². The molecule has 9 heteroatoms. The third kappa shape index (κ3) is 4.52. The van der Waals surface area contributed by atoms with Crippen molar-refractivity contribution in [2.45, 2.75) is 25.2 Å². The van der Waals surface area contributed by atoms with E-state index in [1.54, 1.807) is 0 Å². The van der Waals surface area contributed by atoms with Gasteiger partial charge in [-0.05, 0) is 12.3 Å². The SMILES string of the molecule is CC(C)CC(CNS(=O)(=O)c1cc2c(cc1Cl)OCCO2)C(=O)O. The van der Waals surface area contributed by atoms with Gasteiger partial charge in [-0.15, -0.1) is 0 Å². The summed E-state index contributed by atoms with van der Waals surface area (Å²) in [6, 6.07) is 2.67. The van der Waals surface area contributed by atoms with Crippen molar-refractivity contribution in [1.82, 2.24) is 4.72 Å². The van der Waals surface area contributed by atoms with Gasteiger partial charge < -0.3 is 14.6 Å². The number of carbonyl (C=O) groups is 1. The summed E-state index contributed by atoms with van der Waals surface area (Å²) in [6.07, 6.45) is 0.368. The van der Waals surface area contributed by atoms with Gasteiger partial charge in [-0.25, -0.2) is 13.1 Å². The third-order valence-electron chi connectivity index (χ3n) is 3.51. The highest BCUT2D eigenvalue weighted by molar-refractivity contribution is 7.89. The van der Waals surface area contributed by atoms with Crippen LogP contribution in [0.4, 0.5) is 0 Å². The Morgan fingerprint density at radius 1 is 1.29 bits per heavy atom. The van der Waals surface area contributed by atoms with E-state index in [0.717, 1.165) is 0 Å². The van der Waals surface area contributed by atoms with Crippen LogP contribution in [-0.4, -0.2) is 39.3 Å². The number of aliphatic carboxylic acids is 1. The summed E-state index contributed by atoms with van der Waals surface area (Å²) in [6.45, 7) is 4.23. The van der Waals surface area contributed by atoms with E-state index < -0.39 is 21.9 Å². The van der Waals surface area contributed by atoms with Crippen LogP contribution in [-0.2, 0) is 14.8 Å². The highest BCUT2D eigenvalue weighted by Gasteiger charge is 2.26. The maximum absolute atomic E-state index is 12.5. The molecule has 1 aliphatic heterocycles. The third-order valence-corrected chi connectivity index (χ3v) is 5.40. The fourth-order valence-electron chi connectivity index (χ4n) is 2.38. The molecule has 0 radical (unpaired) electrons. The van der Waals surface area contributed by atoms with Crippen LogP contribution in [0.2, 0.25) is 5.02 Å². The van der Waals surface area contributed by atoms with Gasteiger partial charge in [0.1, 0.15) is 18.1 Å². The van der Waals surface area contributed by atoms with Crippen molar-refractivity contribution in [3.8, 4) is 11.5 Å². The Morgan fingerprint density at radius 3 is 2.42 bits per heavy atom. The molecule has 0 aliphatic carbocycles. The highest BCUT2D eigenvalue weighted by Crippen LogP contribution is 2.37. The Hall–Kier alpha value is -1.51. The maximum Gasteiger partial charge on any atom is 0.307 e. The summed E-state index contributed by atoms with van der Waals surface area (Å²) < 4.78 is 38.0. The van der Waals surface area contributed by atoms with Gasteiger partial charge in [0.05, 0.1) is 10.9 Å². The fourth-order valence-corrected chi connectivity index (χ4v) is 3.99. The van der Waals surface area contributed by atoms with Gasteiger partial charge in [0.25, 0.3) is 0 Å². The van der Waals surface area contributed by atoms with Gasteiger partial charge in [0.15, 0.2) is 11.5 Å². The van der Waals surface area contributed by atoms with Crippen LogP contribution in [0.5, 0.6) is 11.5 Å². The average molecular weight is 378 g/mol. The van der Waals surface area contributed by atoms with Gasteiger partial charge in [0, 0.05) is 18.7 Å². The number of carboxylic acids is 1. The number of nitrogens with one attached hydrogen (secondary N) is 1. The monoisotopic (exact) mass is 377 g/mol. The Kier molecular flexibility index (Phi) is 5.95. The molecule has 1 aliphatic rings. The summed E-state index contributed by atoms with van der Waals surface area (Å²) in [4.78, 5) is 11.1. The van der Waals surface area contributed by atoms with E-state index in [0.29, 0.717) is 31.1 Å². The molecule has 24 heavy (non-hydrogen) atoms. The highest BCUT2D eigenvalue weighted by atomic mass is 35.5. The van der Waals surface area contributed by atoms with Gasteiger partial charge in [0.2, 0.25) is 10.0 Å². The van der Waals surface area contributed by atoms with Crippen molar-refractivity contribution in [3.05, 3.63) is 17.2 Å². The molecular weight excluding hydrogens is 358 g/mol. The smallest absolute Gasteiger partial charge is 0.307 e. The van der Waals surface area contributed by atoms with Crippen LogP contribution in [0.1, 0.15) is 20.3 Å².